The van der Waals surface area contributed by atoms with Crippen LogP contribution in [-0.4, -0.2) is 30.1 Å². The molecule has 32 heavy (non-hydrogen) atoms. The Bertz CT molecular complexity index is 1420. The number of carbonyl (C=O) groups is 1. The number of para-hydroxylation sites is 1. The van der Waals surface area contributed by atoms with Gasteiger partial charge in [0, 0.05) is 35.1 Å². The Morgan fingerprint density at radius 2 is 1.78 bits per heavy atom. The highest BCUT2D eigenvalue weighted by atomic mass is 16.2. The van der Waals surface area contributed by atoms with Crippen molar-refractivity contribution in [2.45, 2.75) is 26.4 Å². The molecule has 0 atom stereocenters. The van der Waals surface area contributed by atoms with Gasteiger partial charge in [-0.15, -0.1) is 0 Å². The summed E-state index contributed by atoms with van der Waals surface area (Å²) < 4.78 is 4.07. The van der Waals surface area contributed by atoms with Crippen molar-refractivity contribution in [1.82, 2.24) is 24.2 Å². The molecule has 6 heteroatoms. The second-order valence-corrected chi connectivity index (χ2v) is 8.37. The molecule has 6 rings (SSSR count). The maximum atomic E-state index is 13.2. The van der Waals surface area contributed by atoms with E-state index in [-0.39, 0.29) is 5.91 Å². The topological polar surface area (TPSA) is 58.9 Å². The molecule has 1 amide bonds. The zero-order chi connectivity index (χ0) is 21.7. The van der Waals surface area contributed by atoms with Gasteiger partial charge in [0.05, 0.1) is 30.9 Å². The monoisotopic (exact) mass is 421 g/mol. The lowest BCUT2D eigenvalue weighted by atomic mass is 10.1. The van der Waals surface area contributed by atoms with Crippen molar-refractivity contribution in [3.63, 3.8) is 0 Å². The molecule has 3 aromatic heterocycles. The van der Waals surface area contributed by atoms with Gasteiger partial charge in [-0.05, 0) is 42.8 Å². The molecule has 0 aliphatic carbocycles. The Balaban J connectivity index is 1.32. The summed E-state index contributed by atoms with van der Waals surface area (Å²) in [6.45, 7) is 3.18. The Labute approximate surface area is 185 Å². The molecule has 0 bridgehead atoms. The van der Waals surface area contributed by atoms with Crippen molar-refractivity contribution in [1.29, 1.82) is 0 Å². The van der Waals surface area contributed by atoms with Gasteiger partial charge >= 0.3 is 0 Å². The van der Waals surface area contributed by atoms with Crippen LogP contribution in [0.15, 0.2) is 79.3 Å². The van der Waals surface area contributed by atoms with Crippen LogP contribution in [-0.2, 0) is 24.3 Å². The minimum Gasteiger partial charge on any atom is -0.361 e. The van der Waals surface area contributed by atoms with E-state index in [9.17, 15) is 4.79 Å². The Morgan fingerprint density at radius 3 is 2.59 bits per heavy atom. The van der Waals surface area contributed by atoms with E-state index in [1.807, 2.05) is 58.5 Å². The summed E-state index contributed by atoms with van der Waals surface area (Å²) in [7, 11) is 0. The molecular formula is C26H23N5O. The molecule has 2 aromatic carbocycles. The van der Waals surface area contributed by atoms with Crippen LogP contribution in [0.3, 0.4) is 0 Å². The highest BCUT2D eigenvalue weighted by Gasteiger charge is 2.31. The molecule has 158 valence electrons. The van der Waals surface area contributed by atoms with Crippen LogP contribution in [0.5, 0.6) is 0 Å². The summed E-state index contributed by atoms with van der Waals surface area (Å²) >= 11 is 0. The predicted octanol–water partition coefficient (Wildman–Crippen LogP) is 4.54. The third-order valence-corrected chi connectivity index (χ3v) is 6.23. The maximum Gasteiger partial charge on any atom is 0.227 e. The van der Waals surface area contributed by atoms with E-state index in [1.54, 1.807) is 0 Å². The summed E-state index contributed by atoms with van der Waals surface area (Å²) in [5.41, 5.74) is 6.39. The molecule has 0 radical (unpaired) electrons. The third kappa shape index (κ3) is 3.03. The van der Waals surface area contributed by atoms with Crippen molar-refractivity contribution in [3.05, 3.63) is 102 Å². The molecule has 6 nitrogen and oxygen atoms in total. The van der Waals surface area contributed by atoms with Gasteiger partial charge < -0.3 is 14.5 Å². The molecule has 1 aliphatic rings. The van der Waals surface area contributed by atoms with Crippen LogP contribution in [0.1, 0.15) is 22.4 Å². The summed E-state index contributed by atoms with van der Waals surface area (Å²) in [5.74, 6) is 1.12. The van der Waals surface area contributed by atoms with Crippen LogP contribution < -0.4 is 0 Å². The van der Waals surface area contributed by atoms with Gasteiger partial charge in [0.2, 0.25) is 5.91 Å². The predicted molar refractivity (Wildman–Crippen MR) is 124 cm³/mol. The largest absolute Gasteiger partial charge is 0.361 e. The number of aromatic nitrogens is 4. The van der Waals surface area contributed by atoms with E-state index >= 15 is 0 Å². The summed E-state index contributed by atoms with van der Waals surface area (Å²) in [6, 6.07) is 20.5. The number of nitrogens with one attached hydrogen (secondary N) is 1. The summed E-state index contributed by atoms with van der Waals surface area (Å²) in [5, 5.41) is 6.03. The van der Waals surface area contributed by atoms with Crippen LogP contribution in [0.25, 0.3) is 22.4 Å². The van der Waals surface area contributed by atoms with Crippen molar-refractivity contribution < 1.29 is 4.79 Å². The van der Waals surface area contributed by atoms with Gasteiger partial charge in [0.1, 0.15) is 5.82 Å². The normalized spacial score (nSPS) is 13.1. The number of H-pyrrole nitrogens is 1. The molecule has 0 spiro atoms. The number of benzene rings is 2. The van der Waals surface area contributed by atoms with E-state index in [0.29, 0.717) is 19.5 Å². The molecular weight excluding hydrogens is 398 g/mol. The number of amides is 1. The zero-order valence-corrected chi connectivity index (χ0v) is 17.8. The fourth-order valence-corrected chi connectivity index (χ4v) is 4.54. The molecule has 1 N–H and O–H groups in total. The number of fused-ring (bicyclic) bond motifs is 2. The number of rotatable bonds is 4. The quantitative estimate of drug-likeness (QED) is 0.463. The van der Waals surface area contributed by atoms with Crippen molar-refractivity contribution >= 4 is 16.8 Å². The highest BCUT2D eigenvalue weighted by molar-refractivity contribution is 5.89. The first kappa shape index (κ1) is 18.7. The van der Waals surface area contributed by atoms with Crippen LogP contribution in [0.4, 0.5) is 0 Å². The van der Waals surface area contributed by atoms with Gasteiger partial charge in [-0.1, -0.05) is 35.9 Å². The summed E-state index contributed by atoms with van der Waals surface area (Å²) in [4.78, 5) is 18.4. The average molecular weight is 422 g/mol. The lowest BCUT2D eigenvalue weighted by Crippen LogP contribution is -2.27. The van der Waals surface area contributed by atoms with Crippen LogP contribution in [0, 0.1) is 6.92 Å². The van der Waals surface area contributed by atoms with Gasteiger partial charge in [-0.25, -0.2) is 4.68 Å². The molecule has 0 saturated heterocycles. The van der Waals surface area contributed by atoms with E-state index in [0.717, 1.165) is 39.2 Å². The summed E-state index contributed by atoms with van der Waals surface area (Å²) in [6.07, 6.45) is 6.38. The first-order valence-electron chi connectivity index (χ1n) is 10.8. The standard InChI is InChI=1S/C26H23N5O/c1-18-8-10-20(11-9-18)31-26(29-12-4-5-13-29)22-16-30(17-24(22)28-31)25(32)14-19-15-27-23-7-3-2-6-21(19)23/h2-13,15,27H,14,16-17H2,1H3. The van der Waals surface area contributed by atoms with E-state index in [4.69, 9.17) is 5.10 Å². The molecule has 4 heterocycles. The molecule has 0 saturated carbocycles. The fourth-order valence-electron chi connectivity index (χ4n) is 4.54. The zero-order valence-electron chi connectivity index (χ0n) is 17.8. The van der Waals surface area contributed by atoms with Crippen molar-refractivity contribution in [2.75, 3.05) is 0 Å². The average Bonchev–Trinajstić information content (AvgIpc) is 3.58. The van der Waals surface area contributed by atoms with Gasteiger partial charge in [0.15, 0.2) is 0 Å². The molecule has 5 aromatic rings. The van der Waals surface area contributed by atoms with Gasteiger partial charge in [0.25, 0.3) is 0 Å². The minimum absolute atomic E-state index is 0.119. The molecule has 1 aliphatic heterocycles. The van der Waals surface area contributed by atoms with Crippen molar-refractivity contribution in [3.8, 4) is 11.5 Å². The third-order valence-electron chi connectivity index (χ3n) is 6.23. The lowest BCUT2D eigenvalue weighted by Gasteiger charge is -2.17. The highest BCUT2D eigenvalue weighted by Crippen LogP contribution is 2.31. The fraction of sp³-hybridized carbons (Fsp3) is 0.154. The first-order chi connectivity index (χ1) is 15.7. The van der Waals surface area contributed by atoms with E-state index < -0.39 is 0 Å². The van der Waals surface area contributed by atoms with E-state index in [1.165, 1.54) is 5.56 Å². The van der Waals surface area contributed by atoms with E-state index in [2.05, 4.69) is 46.8 Å². The maximum absolute atomic E-state index is 13.2. The molecule has 0 unspecified atom stereocenters. The lowest BCUT2D eigenvalue weighted by molar-refractivity contribution is -0.131. The minimum atomic E-state index is 0.119. The Morgan fingerprint density at radius 1 is 1.00 bits per heavy atom. The van der Waals surface area contributed by atoms with Crippen LogP contribution in [0.2, 0.25) is 0 Å². The second-order valence-electron chi connectivity index (χ2n) is 8.37. The second kappa shape index (κ2) is 7.27. The molecule has 0 fully saturated rings. The van der Waals surface area contributed by atoms with Gasteiger partial charge in [-0.2, -0.15) is 5.10 Å². The number of aromatic amines is 1. The number of hydrogen-bond donors (Lipinski definition) is 1. The van der Waals surface area contributed by atoms with Crippen molar-refractivity contribution in [2.24, 2.45) is 0 Å². The van der Waals surface area contributed by atoms with Crippen LogP contribution >= 0.6 is 0 Å². The Hall–Kier alpha value is -4.06. The SMILES string of the molecule is Cc1ccc(-n2nc3c(c2-n2cccc2)CN(C(=O)Cc2c[nH]c4ccccc24)C3)cc1. The number of aryl methyl sites for hydroxylation is 1. The number of carbonyl (C=O) groups excluding carboxylic acids is 1. The number of hydrogen-bond acceptors (Lipinski definition) is 2. The Kier molecular flexibility index (Phi) is 4.24. The number of nitrogens with zero attached hydrogens (tertiary/aromatic N) is 4. The van der Waals surface area contributed by atoms with Gasteiger partial charge in [-0.3, -0.25) is 4.79 Å². The first-order valence-corrected chi connectivity index (χ1v) is 10.8. The smallest absolute Gasteiger partial charge is 0.227 e.